The van der Waals surface area contributed by atoms with E-state index in [4.69, 9.17) is 16.7 Å². The molecule has 0 spiro atoms. The van der Waals surface area contributed by atoms with E-state index < -0.39 is 16.1 Å². The Labute approximate surface area is 265 Å². The van der Waals surface area contributed by atoms with Gasteiger partial charge in [-0.05, 0) is 88.0 Å². The van der Waals surface area contributed by atoms with E-state index in [2.05, 4.69) is 27.0 Å². The van der Waals surface area contributed by atoms with Crippen LogP contribution in [0, 0.1) is 23.7 Å². The Morgan fingerprint density at radius 1 is 1.07 bits per heavy atom. The van der Waals surface area contributed by atoms with Crippen LogP contribution in [0.4, 0.5) is 0 Å². The predicted octanol–water partition coefficient (Wildman–Crippen LogP) is 3.39. The van der Waals surface area contributed by atoms with Gasteiger partial charge in [0.2, 0.25) is 10.0 Å². The molecule has 1 aromatic carbocycles. The lowest BCUT2D eigenvalue weighted by Crippen LogP contribution is -2.43. The first-order valence-corrected chi connectivity index (χ1v) is 17.8. The zero-order chi connectivity index (χ0) is 30.7. The number of likely N-dealkylation sites (tertiary alicyclic amines) is 1. The molecule has 44 heavy (non-hydrogen) atoms. The van der Waals surface area contributed by atoms with Crippen molar-refractivity contribution >= 4 is 21.6 Å². The minimum absolute atomic E-state index is 0.239. The van der Waals surface area contributed by atoms with Crippen LogP contribution >= 0.6 is 11.6 Å². The third kappa shape index (κ3) is 7.36. The summed E-state index contributed by atoms with van der Waals surface area (Å²) < 4.78 is 28.4. The fraction of sp³-hybridized carbons (Fsp3) is 0.515. The van der Waals surface area contributed by atoms with Crippen LogP contribution in [0.25, 0.3) is 11.3 Å². The standard InChI is InChI=1S/C33H41ClN6O3S/c1-44(42,43)39-18-12-32-30(23-39)33(28-6-7-31(34)27(19-28)5-4-24-3-2-13-36-20-24)37-40(32)22-29(41)21-38-16-10-26(11-17-38)25-8-14-35-15-9-25/h2-3,6-7,13,19-20,25-26,29,35,41H,8-12,14-18,21-23H2,1H3/t29-/m0/s1. The number of aliphatic hydroxyl groups excluding tert-OH is 1. The summed E-state index contributed by atoms with van der Waals surface area (Å²) in [6, 6.07) is 9.32. The van der Waals surface area contributed by atoms with Gasteiger partial charge in [-0.3, -0.25) is 9.67 Å². The van der Waals surface area contributed by atoms with Gasteiger partial charge in [0.05, 0.1) is 29.6 Å². The van der Waals surface area contributed by atoms with Crippen LogP contribution in [0.15, 0.2) is 42.7 Å². The van der Waals surface area contributed by atoms with Crippen molar-refractivity contribution in [3.8, 4) is 23.1 Å². The summed E-state index contributed by atoms with van der Waals surface area (Å²) in [6.45, 7) is 5.90. The molecule has 9 nitrogen and oxygen atoms in total. The zero-order valence-corrected chi connectivity index (χ0v) is 26.8. The fourth-order valence-electron chi connectivity index (χ4n) is 6.95. The van der Waals surface area contributed by atoms with Crippen LogP contribution in [-0.4, -0.2) is 89.1 Å². The van der Waals surface area contributed by atoms with Crippen LogP contribution in [0.1, 0.15) is 48.1 Å². The van der Waals surface area contributed by atoms with Gasteiger partial charge in [0, 0.05) is 66.4 Å². The van der Waals surface area contributed by atoms with Crippen LogP contribution in [0.2, 0.25) is 5.02 Å². The second-order valence-corrected chi connectivity index (χ2v) is 14.8. The number of piperidine rings is 2. The molecule has 3 aromatic rings. The highest BCUT2D eigenvalue weighted by Crippen LogP contribution is 2.34. The highest BCUT2D eigenvalue weighted by atomic mass is 35.5. The molecule has 3 aliphatic heterocycles. The molecule has 2 N–H and O–H groups in total. The normalized spacial score (nSPS) is 19.7. The number of nitrogens with zero attached hydrogens (tertiary/aromatic N) is 5. The maximum Gasteiger partial charge on any atom is 0.211 e. The van der Waals surface area contributed by atoms with Gasteiger partial charge in [0.15, 0.2) is 0 Å². The van der Waals surface area contributed by atoms with Crippen molar-refractivity contribution in [3.63, 3.8) is 0 Å². The lowest BCUT2D eigenvalue weighted by molar-refractivity contribution is 0.0631. The molecule has 2 fully saturated rings. The number of hydrogen-bond acceptors (Lipinski definition) is 7. The van der Waals surface area contributed by atoms with Crippen LogP contribution in [-0.2, 0) is 29.5 Å². The summed E-state index contributed by atoms with van der Waals surface area (Å²) in [7, 11) is -3.38. The molecule has 2 saturated heterocycles. The summed E-state index contributed by atoms with van der Waals surface area (Å²) in [5.41, 5.74) is 4.78. The Hall–Kier alpha value is -2.78. The lowest BCUT2D eigenvalue weighted by Gasteiger charge is -2.38. The molecule has 0 saturated carbocycles. The first-order valence-electron chi connectivity index (χ1n) is 15.6. The van der Waals surface area contributed by atoms with E-state index in [1.54, 1.807) is 18.5 Å². The Morgan fingerprint density at radius 2 is 1.84 bits per heavy atom. The van der Waals surface area contributed by atoms with Crippen LogP contribution < -0.4 is 5.32 Å². The molecular formula is C33H41ClN6O3S. The number of aromatic nitrogens is 3. The second-order valence-electron chi connectivity index (χ2n) is 12.4. The Kier molecular flexibility index (Phi) is 9.71. The Balaban J connectivity index is 1.21. The van der Waals surface area contributed by atoms with Crippen molar-refractivity contribution in [1.82, 2.24) is 29.3 Å². The van der Waals surface area contributed by atoms with Gasteiger partial charge >= 0.3 is 0 Å². The minimum Gasteiger partial charge on any atom is -0.390 e. The Bertz CT molecular complexity index is 1620. The van der Waals surface area contributed by atoms with Crippen molar-refractivity contribution in [3.05, 3.63) is 70.1 Å². The molecule has 11 heteroatoms. The van der Waals surface area contributed by atoms with E-state index in [0.717, 1.165) is 60.4 Å². The van der Waals surface area contributed by atoms with Crippen LogP contribution in [0.3, 0.4) is 0 Å². The van der Waals surface area contributed by atoms with Gasteiger partial charge in [0.1, 0.15) is 0 Å². The molecular weight excluding hydrogens is 596 g/mol. The molecule has 0 bridgehead atoms. The smallest absolute Gasteiger partial charge is 0.211 e. The predicted molar refractivity (Wildman–Crippen MR) is 173 cm³/mol. The molecule has 1 atom stereocenters. The maximum atomic E-state index is 12.5. The van der Waals surface area contributed by atoms with Gasteiger partial charge in [-0.2, -0.15) is 9.40 Å². The third-order valence-corrected chi connectivity index (χ3v) is 10.9. The molecule has 2 aromatic heterocycles. The van der Waals surface area contributed by atoms with Crippen molar-refractivity contribution in [2.24, 2.45) is 11.8 Å². The van der Waals surface area contributed by atoms with Crippen molar-refractivity contribution in [1.29, 1.82) is 0 Å². The average Bonchev–Trinajstić information content (AvgIpc) is 3.39. The number of nitrogens with one attached hydrogen (secondary N) is 1. The summed E-state index contributed by atoms with van der Waals surface area (Å²) in [5.74, 6) is 7.89. The number of sulfonamides is 1. The van der Waals surface area contributed by atoms with E-state index in [-0.39, 0.29) is 6.54 Å². The van der Waals surface area contributed by atoms with E-state index >= 15 is 0 Å². The summed E-state index contributed by atoms with van der Waals surface area (Å²) in [6.07, 6.45) is 9.55. The van der Waals surface area contributed by atoms with Gasteiger partial charge in [0.25, 0.3) is 0 Å². The van der Waals surface area contributed by atoms with Crippen LogP contribution in [0.5, 0.6) is 0 Å². The fourth-order valence-corrected chi connectivity index (χ4v) is 7.91. The molecule has 0 amide bonds. The second kappa shape index (κ2) is 13.7. The number of hydrogen-bond donors (Lipinski definition) is 2. The molecule has 5 heterocycles. The van der Waals surface area contributed by atoms with E-state index in [0.29, 0.717) is 42.3 Å². The van der Waals surface area contributed by atoms with E-state index in [1.165, 1.54) is 36.2 Å². The number of fused-ring (bicyclic) bond motifs is 1. The first kappa shape index (κ1) is 31.2. The number of benzene rings is 1. The van der Waals surface area contributed by atoms with E-state index in [1.807, 2.05) is 28.9 Å². The number of aliphatic hydroxyl groups is 1. The Morgan fingerprint density at radius 3 is 2.57 bits per heavy atom. The minimum atomic E-state index is -3.38. The molecule has 0 aliphatic carbocycles. The first-order chi connectivity index (χ1) is 21.2. The molecule has 0 unspecified atom stereocenters. The molecule has 0 radical (unpaired) electrons. The SMILES string of the molecule is CS(=O)(=O)N1CCc2c(c(-c3ccc(Cl)c(C#Cc4cccnc4)c3)nn2C[C@@H](O)CN2CCC(C3CCNCC3)CC2)C1. The highest BCUT2D eigenvalue weighted by Gasteiger charge is 2.32. The van der Waals surface area contributed by atoms with Gasteiger partial charge in [-0.25, -0.2) is 8.42 Å². The molecule has 234 valence electrons. The third-order valence-electron chi connectivity index (χ3n) is 9.35. The summed E-state index contributed by atoms with van der Waals surface area (Å²) in [5, 5.41) is 20.2. The van der Waals surface area contributed by atoms with Gasteiger partial charge in [-0.1, -0.05) is 29.5 Å². The van der Waals surface area contributed by atoms with Crippen molar-refractivity contribution in [2.45, 2.75) is 51.3 Å². The van der Waals surface area contributed by atoms with Gasteiger partial charge in [-0.15, -0.1) is 0 Å². The number of halogens is 1. The average molecular weight is 637 g/mol. The number of β-amino-alcohol motifs (C(OH)–C–C–N with tert-alkyl or cyclic N) is 1. The monoisotopic (exact) mass is 636 g/mol. The van der Waals surface area contributed by atoms with E-state index in [9.17, 15) is 13.5 Å². The van der Waals surface area contributed by atoms with Crippen molar-refractivity contribution in [2.75, 3.05) is 45.5 Å². The zero-order valence-electron chi connectivity index (χ0n) is 25.3. The topological polar surface area (TPSA) is 104 Å². The lowest BCUT2D eigenvalue weighted by atomic mass is 9.79. The van der Waals surface area contributed by atoms with Crippen molar-refractivity contribution < 1.29 is 13.5 Å². The summed E-state index contributed by atoms with van der Waals surface area (Å²) >= 11 is 6.52. The quantitative estimate of drug-likeness (QED) is 0.383. The maximum absolute atomic E-state index is 12.5. The summed E-state index contributed by atoms with van der Waals surface area (Å²) in [4.78, 5) is 6.50. The number of rotatable bonds is 7. The molecule has 6 rings (SSSR count). The highest BCUT2D eigenvalue weighted by molar-refractivity contribution is 7.88. The molecule has 3 aliphatic rings. The number of pyridine rings is 1. The largest absolute Gasteiger partial charge is 0.390 e. The van der Waals surface area contributed by atoms with Gasteiger partial charge < -0.3 is 15.3 Å².